The van der Waals surface area contributed by atoms with E-state index < -0.39 is 11.2 Å². The van der Waals surface area contributed by atoms with Crippen molar-refractivity contribution in [1.82, 2.24) is 19.1 Å². The van der Waals surface area contributed by atoms with Crippen LogP contribution in [0.2, 0.25) is 0 Å². The van der Waals surface area contributed by atoms with Crippen LogP contribution in [-0.2, 0) is 17.8 Å². The zero-order chi connectivity index (χ0) is 18.1. The summed E-state index contributed by atoms with van der Waals surface area (Å²) in [7, 11) is 1.60. The molecule has 25 heavy (non-hydrogen) atoms. The van der Waals surface area contributed by atoms with Crippen molar-refractivity contribution in [3.63, 3.8) is 0 Å². The van der Waals surface area contributed by atoms with Gasteiger partial charge in [0.25, 0.3) is 5.56 Å². The third kappa shape index (κ3) is 2.94. The molecule has 2 N–H and O–H groups in total. The lowest BCUT2D eigenvalue weighted by Gasteiger charge is -2.18. The Morgan fingerprint density at radius 1 is 1.08 bits per heavy atom. The first-order chi connectivity index (χ1) is 12.0. The molecule has 3 rings (SSSR count). The van der Waals surface area contributed by atoms with Crippen LogP contribution in [0.3, 0.4) is 0 Å². The molecule has 0 saturated heterocycles. The summed E-state index contributed by atoms with van der Waals surface area (Å²) in [6.45, 7) is 5.18. The molecular formula is C17H21N5O3. The molecule has 132 valence electrons. The van der Waals surface area contributed by atoms with E-state index in [0.717, 1.165) is 21.2 Å². The SMILES string of the molecule is COCCn1c2nc(=O)n(CCN)c(=O)c-2nc2cc(C)c(C)cc21. The van der Waals surface area contributed by atoms with Crippen molar-refractivity contribution in [2.75, 3.05) is 20.3 Å². The summed E-state index contributed by atoms with van der Waals surface area (Å²) >= 11 is 0. The van der Waals surface area contributed by atoms with Crippen LogP contribution < -0.4 is 17.0 Å². The van der Waals surface area contributed by atoms with Gasteiger partial charge in [0.05, 0.1) is 17.6 Å². The van der Waals surface area contributed by atoms with Gasteiger partial charge in [0.1, 0.15) is 0 Å². The fourth-order valence-corrected chi connectivity index (χ4v) is 2.86. The van der Waals surface area contributed by atoms with Crippen molar-refractivity contribution >= 4 is 11.0 Å². The quantitative estimate of drug-likeness (QED) is 0.667. The molecule has 8 heteroatoms. The topological polar surface area (TPSA) is 105 Å². The fraction of sp³-hybridized carbons (Fsp3) is 0.412. The van der Waals surface area contributed by atoms with Crippen molar-refractivity contribution in [3.8, 4) is 11.5 Å². The summed E-state index contributed by atoms with van der Waals surface area (Å²) in [4.78, 5) is 33.6. The summed E-state index contributed by atoms with van der Waals surface area (Å²) in [5.41, 5.74) is 8.26. The minimum absolute atomic E-state index is 0.116. The predicted octanol–water partition coefficient (Wildman–Crippen LogP) is 0.280. The van der Waals surface area contributed by atoms with Crippen LogP contribution in [0.1, 0.15) is 11.1 Å². The van der Waals surface area contributed by atoms with Crippen LogP contribution in [-0.4, -0.2) is 39.4 Å². The normalized spacial score (nSPS) is 11.5. The summed E-state index contributed by atoms with van der Waals surface area (Å²) in [5.74, 6) is 0.274. The Morgan fingerprint density at radius 2 is 1.80 bits per heavy atom. The van der Waals surface area contributed by atoms with Crippen LogP contribution in [0, 0.1) is 13.8 Å². The monoisotopic (exact) mass is 343 g/mol. The van der Waals surface area contributed by atoms with E-state index in [1.165, 1.54) is 0 Å². The molecule has 1 aromatic carbocycles. The number of methoxy groups -OCH3 is 1. The van der Waals surface area contributed by atoms with Gasteiger partial charge in [0.2, 0.25) is 0 Å². The minimum atomic E-state index is -0.612. The van der Waals surface area contributed by atoms with Crippen molar-refractivity contribution in [3.05, 3.63) is 44.1 Å². The lowest BCUT2D eigenvalue weighted by atomic mass is 10.1. The van der Waals surface area contributed by atoms with E-state index in [4.69, 9.17) is 10.5 Å². The first kappa shape index (κ1) is 17.2. The Hall–Kier alpha value is -2.58. The predicted molar refractivity (Wildman–Crippen MR) is 95.1 cm³/mol. The summed E-state index contributed by atoms with van der Waals surface area (Å²) in [5, 5.41) is 0. The Labute approximate surface area is 144 Å². The average Bonchev–Trinajstić information content (AvgIpc) is 2.58. The third-order valence-electron chi connectivity index (χ3n) is 4.33. The first-order valence-electron chi connectivity index (χ1n) is 8.09. The zero-order valence-electron chi connectivity index (χ0n) is 14.6. The van der Waals surface area contributed by atoms with E-state index in [2.05, 4.69) is 9.97 Å². The summed E-state index contributed by atoms with van der Waals surface area (Å²) < 4.78 is 8.03. The largest absolute Gasteiger partial charge is 0.383 e. The van der Waals surface area contributed by atoms with Crippen LogP contribution in [0.15, 0.2) is 21.7 Å². The van der Waals surface area contributed by atoms with E-state index in [0.29, 0.717) is 18.7 Å². The molecule has 2 aliphatic heterocycles. The maximum Gasteiger partial charge on any atom is 0.352 e. The highest BCUT2D eigenvalue weighted by atomic mass is 16.5. The molecule has 0 unspecified atom stereocenters. The van der Waals surface area contributed by atoms with Gasteiger partial charge < -0.3 is 15.0 Å². The molecule has 2 heterocycles. The van der Waals surface area contributed by atoms with Gasteiger partial charge >= 0.3 is 5.69 Å². The molecule has 0 saturated carbocycles. The number of nitrogens with zero attached hydrogens (tertiary/aromatic N) is 4. The molecule has 8 nitrogen and oxygen atoms in total. The second-order valence-electron chi connectivity index (χ2n) is 5.99. The molecular weight excluding hydrogens is 322 g/mol. The van der Waals surface area contributed by atoms with E-state index in [1.807, 2.05) is 30.5 Å². The van der Waals surface area contributed by atoms with Crippen molar-refractivity contribution in [1.29, 1.82) is 0 Å². The van der Waals surface area contributed by atoms with E-state index >= 15 is 0 Å². The number of nitrogens with two attached hydrogens (primary N) is 1. The zero-order valence-corrected chi connectivity index (χ0v) is 14.6. The first-order valence-corrected chi connectivity index (χ1v) is 8.09. The van der Waals surface area contributed by atoms with Crippen LogP contribution in [0.4, 0.5) is 0 Å². The van der Waals surface area contributed by atoms with Gasteiger partial charge in [-0.25, -0.2) is 9.78 Å². The van der Waals surface area contributed by atoms with Gasteiger partial charge in [0.15, 0.2) is 11.5 Å². The molecule has 1 aromatic rings. The average molecular weight is 343 g/mol. The highest BCUT2D eigenvalue weighted by Gasteiger charge is 2.21. The van der Waals surface area contributed by atoms with Gasteiger partial charge in [-0.3, -0.25) is 9.36 Å². The Balaban J connectivity index is 2.44. The smallest absolute Gasteiger partial charge is 0.352 e. The van der Waals surface area contributed by atoms with Crippen LogP contribution >= 0.6 is 0 Å². The number of ether oxygens (including phenoxy) is 1. The van der Waals surface area contributed by atoms with E-state index in [9.17, 15) is 9.59 Å². The van der Waals surface area contributed by atoms with E-state index in [-0.39, 0.29) is 24.6 Å². The van der Waals surface area contributed by atoms with Crippen molar-refractivity contribution in [2.45, 2.75) is 26.9 Å². The second kappa shape index (κ2) is 6.73. The molecule has 0 atom stereocenters. The van der Waals surface area contributed by atoms with E-state index in [1.54, 1.807) is 7.11 Å². The standard InChI is InChI=1S/C17H21N5O3/c1-10-8-12-13(9-11(10)2)21(6-7-25-3)15-14(19-12)16(23)22(5-4-18)17(24)20-15/h8-9H,4-7,18H2,1-3H3. The number of fused-ring (bicyclic) bond motifs is 2. The van der Waals surface area contributed by atoms with Crippen molar-refractivity contribution < 1.29 is 4.74 Å². The van der Waals surface area contributed by atoms with Crippen molar-refractivity contribution in [2.24, 2.45) is 5.73 Å². The van der Waals surface area contributed by atoms with Gasteiger partial charge in [-0.15, -0.1) is 0 Å². The highest BCUT2D eigenvalue weighted by Crippen LogP contribution is 2.23. The maximum atomic E-state index is 12.7. The molecule has 2 aliphatic rings. The number of aryl methyl sites for hydroxylation is 2. The minimum Gasteiger partial charge on any atom is -0.383 e. The molecule has 0 amide bonds. The summed E-state index contributed by atoms with van der Waals surface area (Å²) in [6, 6.07) is 3.93. The van der Waals surface area contributed by atoms with Gasteiger partial charge in [-0.2, -0.15) is 4.98 Å². The Kier molecular flexibility index (Phi) is 4.65. The molecule has 0 aliphatic carbocycles. The van der Waals surface area contributed by atoms with Gasteiger partial charge in [0, 0.05) is 26.7 Å². The molecule has 0 aromatic heterocycles. The molecule has 0 fully saturated rings. The Bertz CT molecular complexity index is 1020. The lowest BCUT2D eigenvalue weighted by molar-refractivity contribution is 0.188. The lowest BCUT2D eigenvalue weighted by Crippen LogP contribution is -2.40. The number of benzene rings is 1. The molecule has 0 spiro atoms. The van der Waals surface area contributed by atoms with Crippen LogP contribution in [0.5, 0.6) is 0 Å². The van der Waals surface area contributed by atoms with Gasteiger partial charge in [-0.1, -0.05) is 0 Å². The summed E-state index contributed by atoms with van der Waals surface area (Å²) in [6.07, 6.45) is 0. The Morgan fingerprint density at radius 3 is 2.48 bits per heavy atom. The third-order valence-corrected chi connectivity index (χ3v) is 4.33. The number of aromatic nitrogens is 4. The number of hydrogen-bond acceptors (Lipinski definition) is 6. The highest BCUT2D eigenvalue weighted by molar-refractivity contribution is 5.81. The molecule has 0 bridgehead atoms. The molecule has 0 radical (unpaired) electrons. The number of rotatable bonds is 5. The maximum absolute atomic E-state index is 12.7. The fourth-order valence-electron chi connectivity index (χ4n) is 2.86. The number of hydrogen-bond donors (Lipinski definition) is 1. The second-order valence-corrected chi connectivity index (χ2v) is 5.99. The van der Waals surface area contributed by atoms with Crippen LogP contribution in [0.25, 0.3) is 22.6 Å². The van der Waals surface area contributed by atoms with Gasteiger partial charge in [-0.05, 0) is 37.1 Å².